The van der Waals surface area contributed by atoms with Crippen molar-refractivity contribution in [2.75, 3.05) is 26.2 Å². The van der Waals surface area contributed by atoms with E-state index in [1.165, 1.54) is 27.7 Å². The van der Waals surface area contributed by atoms with Crippen molar-refractivity contribution in [2.24, 2.45) is 5.92 Å². The molecule has 7 atom stereocenters. The molecule has 14 nitrogen and oxygen atoms in total. The number of cyclic esters (lactones) is 1. The van der Waals surface area contributed by atoms with Crippen molar-refractivity contribution in [2.45, 2.75) is 121 Å². The molecule has 6 amide bonds. The highest BCUT2D eigenvalue weighted by atomic mass is 19.1. The third-order valence-electron chi connectivity index (χ3n) is 10.8. The van der Waals surface area contributed by atoms with Crippen molar-refractivity contribution in [3.8, 4) is 0 Å². The monoisotopic (exact) mass is 770 g/mol. The summed E-state index contributed by atoms with van der Waals surface area (Å²) in [5.74, 6) is -6.21. The minimum atomic E-state index is -1.55. The van der Waals surface area contributed by atoms with Crippen molar-refractivity contribution in [3.05, 3.63) is 47.5 Å². The van der Waals surface area contributed by atoms with Gasteiger partial charge in [0.05, 0.1) is 0 Å². The summed E-state index contributed by atoms with van der Waals surface area (Å²) in [6, 6.07) is -4.13. The summed E-state index contributed by atoms with van der Waals surface area (Å²) in [5.41, 5.74) is 0.0588. The van der Waals surface area contributed by atoms with Gasteiger partial charge in [-0.05, 0) is 81.6 Å². The maximum absolute atomic E-state index is 14.4. The van der Waals surface area contributed by atoms with Gasteiger partial charge >= 0.3 is 5.97 Å². The van der Waals surface area contributed by atoms with Crippen LogP contribution in [0.3, 0.4) is 0 Å². The average molecular weight is 771 g/mol. The molecule has 3 N–H and O–H groups in total. The molecule has 4 fully saturated rings. The summed E-state index contributed by atoms with van der Waals surface area (Å²) in [7, 11) is 0. The number of hydrogen-bond donors (Lipinski definition) is 3. The lowest BCUT2D eigenvalue weighted by molar-refractivity contribution is -0.158. The number of amides is 6. The number of carbonyl (C=O) groups excluding carboxylic acids is 7. The van der Waals surface area contributed by atoms with Crippen LogP contribution in [0.2, 0.25) is 0 Å². The zero-order valence-corrected chi connectivity index (χ0v) is 31.7. The second kappa shape index (κ2) is 18.6. The third-order valence-corrected chi connectivity index (χ3v) is 10.8. The molecule has 55 heavy (non-hydrogen) atoms. The molecule has 1 aromatic rings. The largest absolute Gasteiger partial charge is 0.461 e. The molecule has 4 saturated heterocycles. The number of piperidine rings is 1. The van der Waals surface area contributed by atoms with Crippen LogP contribution in [0.15, 0.2) is 30.4 Å². The summed E-state index contributed by atoms with van der Waals surface area (Å²) >= 11 is 0. The Hall–Kier alpha value is -4.89. The van der Waals surface area contributed by atoms with Crippen molar-refractivity contribution in [3.63, 3.8) is 0 Å². The maximum Gasteiger partial charge on any atom is 0.328 e. The summed E-state index contributed by atoms with van der Waals surface area (Å²) in [5, 5.41) is 7.92. The van der Waals surface area contributed by atoms with Gasteiger partial charge < -0.3 is 35.4 Å². The van der Waals surface area contributed by atoms with E-state index < -0.39 is 95.9 Å². The zero-order valence-electron chi connectivity index (χ0n) is 31.7. The van der Waals surface area contributed by atoms with Gasteiger partial charge in [0.1, 0.15) is 54.5 Å². The van der Waals surface area contributed by atoms with E-state index in [1.54, 1.807) is 6.08 Å². The molecule has 1 aromatic carbocycles. The minimum Gasteiger partial charge on any atom is -0.461 e. The Bertz CT molecular complexity index is 1650. The molecule has 0 spiro atoms. The van der Waals surface area contributed by atoms with E-state index in [1.807, 2.05) is 13.8 Å². The van der Waals surface area contributed by atoms with Crippen LogP contribution >= 0.6 is 0 Å². The van der Waals surface area contributed by atoms with E-state index in [9.17, 15) is 42.3 Å². The van der Waals surface area contributed by atoms with E-state index in [-0.39, 0.29) is 50.4 Å². The quantitative estimate of drug-likeness (QED) is 0.194. The molecule has 1 unspecified atom stereocenters. The van der Waals surface area contributed by atoms with E-state index in [0.29, 0.717) is 38.2 Å². The van der Waals surface area contributed by atoms with Crippen LogP contribution < -0.4 is 16.0 Å². The standard InChI is InChI=1S/C39H52F2N6O8/c1-4-5-6-7-12-33(48)43-28(20-25-18-26(40)21-27(41)19-25)34(49)44-29-22-55-39(54)31-11-9-15-46(31)36(51)24(3)42-35(50)32-17-23(2)13-16-47(32)38(53)30-10-8-14-45(30)37(29)52/h7,12,18-19,21,23-24,28-32H,4-6,8-11,13-17,20,22H2,1-3H3,(H,42,50)(H,43,48)(H,44,49)/b12-7+/t23?,24-,28-,29-,30-,31-,32-/m0/s1. The smallest absolute Gasteiger partial charge is 0.328 e. The van der Waals surface area contributed by atoms with Gasteiger partial charge in [0, 0.05) is 32.1 Å². The van der Waals surface area contributed by atoms with Gasteiger partial charge in [0.25, 0.3) is 0 Å². The van der Waals surface area contributed by atoms with Gasteiger partial charge in [0.2, 0.25) is 35.4 Å². The molecular formula is C39H52F2N6O8. The SMILES string of the molecule is CCCC/C=C/C(=O)N[C@@H](Cc1cc(F)cc(F)c1)C(=O)N[C@H]1COC(=O)[C@@H]2CCCN2C(=O)[C@H](C)NC(=O)[C@@H]2CC(C)CCN2C(=O)[C@@H]2CCCN2C1=O. The van der Waals surface area contributed by atoms with Crippen molar-refractivity contribution < 1.29 is 47.1 Å². The molecule has 0 bridgehead atoms. The summed E-state index contributed by atoms with van der Waals surface area (Å²) in [4.78, 5) is 101. The van der Waals surface area contributed by atoms with Gasteiger partial charge in [0.15, 0.2) is 0 Å². The molecular weight excluding hydrogens is 718 g/mol. The average Bonchev–Trinajstić information content (AvgIpc) is 3.84. The lowest BCUT2D eigenvalue weighted by atomic mass is 9.91. The highest BCUT2D eigenvalue weighted by Gasteiger charge is 2.46. The van der Waals surface area contributed by atoms with Crippen LogP contribution in [-0.4, -0.2) is 119 Å². The number of unbranched alkanes of at least 4 members (excludes halogenated alkanes) is 2. The van der Waals surface area contributed by atoms with E-state index in [4.69, 9.17) is 4.74 Å². The maximum atomic E-state index is 14.4. The van der Waals surface area contributed by atoms with Crippen LogP contribution in [-0.2, 0) is 44.7 Å². The fourth-order valence-electron chi connectivity index (χ4n) is 7.84. The molecule has 300 valence electrons. The Morgan fingerprint density at radius 2 is 1.55 bits per heavy atom. The molecule has 0 radical (unpaired) electrons. The van der Waals surface area contributed by atoms with E-state index in [2.05, 4.69) is 16.0 Å². The summed E-state index contributed by atoms with van der Waals surface area (Å²) < 4.78 is 34.0. The lowest BCUT2D eigenvalue weighted by Gasteiger charge is -2.41. The number of hydrogen-bond acceptors (Lipinski definition) is 8. The second-order valence-corrected chi connectivity index (χ2v) is 15.1. The Morgan fingerprint density at radius 3 is 2.24 bits per heavy atom. The highest BCUT2D eigenvalue weighted by molar-refractivity contribution is 5.98. The zero-order chi connectivity index (χ0) is 39.8. The van der Waals surface area contributed by atoms with E-state index in [0.717, 1.165) is 25.0 Å². The number of fused-ring (bicyclic) bond motifs is 3. The van der Waals surface area contributed by atoms with Gasteiger partial charge in [-0.15, -0.1) is 0 Å². The lowest BCUT2D eigenvalue weighted by Crippen LogP contribution is -2.62. The number of carbonyl (C=O) groups is 7. The molecule has 5 rings (SSSR count). The number of rotatable bonds is 9. The molecule has 4 aliphatic heterocycles. The first kappa shape index (κ1) is 41.3. The summed E-state index contributed by atoms with van der Waals surface area (Å²) in [6.07, 6.45) is 7.35. The topological polar surface area (TPSA) is 175 Å². The summed E-state index contributed by atoms with van der Waals surface area (Å²) in [6.45, 7) is 5.47. The van der Waals surface area contributed by atoms with Crippen LogP contribution in [0.5, 0.6) is 0 Å². The molecule has 4 aliphatic rings. The van der Waals surface area contributed by atoms with Crippen molar-refractivity contribution in [1.29, 1.82) is 0 Å². The Kier molecular flexibility index (Phi) is 14.0. The highest BCUT2D eigenvalue weighted by Crippen LogP contribution is 2.28. The number of nitrogens with one attached hydrogen (secondary N) is 3. The number of benzene rings is 1. The predicted molar refractivity (Wildman–Crippen MR) is 195 cm³/mol. The van der Waals surface area contributed by atoms with Gasteiger partial charge in [-0.25, -0.2) is 13.6 Å². The van der Waals surface area contributed by atoms with Gasteiger partial charge in [-0.1, -0.05) is 32.8 Å². The predicted octanol–water partition coefficient (Wildman–Crippen LogP) is 1.89. The van der Waals surface area contributed by atoms with Crippen LogP contribution in [0, 0.1) is 17.6 Å². The normalized spacial score (nSPS) is 27.3. The number of allylic oxidation sites excluding steroid dienone is 1. The molecule has 4 heterocycles. The van der Waals surface area contributed by atoms with Crippen molar-refractivity contribution in [1.82, 2.24) is 30.7 Å². The first-order chi connectivity index (χ1) is 26.3. The first-order valence-corrected chi connectivity index (χ1v) is 19.4. The van der Waals surface area contributed by atoms with Crippen LogP contribution in [0.25, 0.3) is 0 Å². The van der Waals surface area contributed by atoms with Crippen LogP contribution in [0.4, 0.5) is 8.78 Å². The van der Waals surface area contributed by atoms with Gasteiger partial charge in [-0.2, -0.15) is 0 Å². The second-order valence-electron chi connectivity index (χ2n) is 15.1. The molecule has 16 heteroatoms. The third kappa shape index (κ3) is 10.3. The van der Waals surface area contributed by atoms with Crippen molar-refractivity contribution >= 4 is 41.4 Å². The Labute approximate surface area is 319 Å². The number of halogens is 2. The first-order valence-electron chi connectivity index (χ1n) is 19.4. The number of nitrogens with zero attached hydrogens (tertiary/aromatic N) is 3. The molecule has 0 aliphatic carbocycles. The Balaban J connectivity index is 1.46. The molecule has 0 aromatic heterocycles. The number of ether oxygens (including phenoxy) is 1. The molecule has 0 saturated carbocycles. The fraction of sp³-hybridized carbons (Fsp3) is 0.615. The Morgan fingerprint density at radius 1 is 0.891 bits per heavy atom. The fourth-order valence-corrected chi connectivity index (χ4v) is 7.84. The van der Waals surface area contributed by atoms with E-state index >= 15 is 0 Å². The minimum absolute atomic E-state index is 0.0588. The number of esters is 1. The van der Waals surface area contributed by atoms with Gasteiger partial charge in [-0.3, -0.25) is 28.8 Å². The van der Waals surface area contributed by atoms with Crippen LogP contribution in [0.1, 0.15) is 84.1 Å².